The average Bonchev–Trinajstić information content (AvgIpc) is 2.65. The van der Waals surface area contributed by atoms with E-state index < -0.39 is 11.9 Å². The third-order valence-electron chi connectivity index (χ3n) is 4.84. The van der Waals surface area contributed by atoms with Gasteiger partial charge >= 0.3 is 12.0 Å². The van der Waals surface area contributed by atoms with Gasteiger partial charge in [-0.1, -0.05) is 48.5 Å². The van der Waals surface area contributed by atoms with Crippen LogP contribution >= 0.6 is 0 Å². The molecule has 0 spiro atoms. The minimum atomic E-state index is -0.838. The Morgan fingerprint density at radius 1 is 1.12 bits per heavy atom. The molecular weight excluding hydrogens is 328 g/mol. The van der Waals surface area contributed by atoms with Crippen LogP contribution in [0.3, 0.4) is 0 Å². The molecule has 0 aromatic heterocycles. The first-order chi connectivity index (χ1) is 12.5. The van der Waals surface area contributed by atoms with E-state index >= 15 is 0 Å². The highest BCUT2D eigenvalue weighted by Gasteiger charge is 2.34. The smallest absolute Gasteiger partial charge is 0.325 e. The molecule has 0 aliphatic carbocycles. The summed E-state index contributed by atoms with van der Waals surface area (Å²) in [7, 11) is 0. The standard InChI is InChI=1S/C21H24N2O3/c1-15(2)23(14-16-8-4-3-5-9-16)21(26)22-13-12-18(20(24)25)17-10-6-7-11-19(17)22/h3-11,15,18H,12-14H2,1-2H3,(H,24,25). The Bertz CT molecular complexity index is 789. The van der Waals surface area contributed by atoms with Gasteiger partial charge in [-0.05, 0) is 37.5 Å². The molecule has 0 saturated carbocycles. The molecule has 1 aliphatic rings. The van der Waals surface area contributed by atoms with Crippen molar-refractivity contribution >= 4 is 17.7 Å². The van der Waals surface area contributed by atoms with Crippen LogP contribution in [0.15, 0.2) is 54.6 Å². The summed E-state index contributed by atoms with van der Waals surface area (Å²) < 4.78 is 0. The van der Waals surface area contributed by atoms with Crippen molar-refractivity contribution in [3.8, 4) is 0 Å². The van der Waals surface area contributed by atoms with E-state index in [9.17, 15) is 14.7 Å². The van der Waals surface area contributed by atoms with Crippen LogP contribution < -0.4 is 4.90 Å². The molecule has 1 unspecified atom stereocenters. The average molecular weight is 352 g/mol. The van der Waals surface area contributed by atoms with Crippen LogP contribution in [0.5, 0.6) is 0 Å². The summed E-state index contributed by atoms with van der Waals surface area (Å²) in [5.74, 6) is -1.40. The van der Waals surface area contributed by atoms with E-state index in [1.165, 1.54) is 0 Å². The van der Waals surface area contributed by atoms with Crippen LogP contribution in [0.1, 0.15) is 37.3 Å². The number of nitrogens with zero attached hydrogens (tertiary/aromatic N) is 2. The van der Waals surface area contributed by atoms with E-state index in [1.54, 1.807) is 4.90 Å². The fourth-order valence-electron chi connectivity index (χ4n) is 3.42. The van der Waals surface area contributed by atoms with Crippen molar-refractivity contribution in [2.75, 3.05) is 11.4 Å². The van der Waals surface area contributed by atoms with Crippen molar-refractivity contribution in [3.63, 3.8) is 0 Å². The van der Waals surface area contributed by atoms with E-state index in [1.807, 2.05) is 73.3 Å². The number of benzene rings is 2. The first-order valence-electron chi connectivity index (χ1n) is 8.93. The van der Waals surface area contributed by atoms with Crippen molar-refractivity contribution in [2.45, 2.75) is 38.8 Å². The molecule has 0 fully saturated rings. The second kappa shape index (κ2) is 7.60. The maximum absolute atomic E-state index is 13.3. The lowest BCUT2D eigenvalue weighted by atomic mass is 9.90. The Labute approximate surface area is 153 Å². The predicted octanol–water partition coefficient (Wildman–Crippen LogP) is 4.10. The van der Waals surface area contributed by atoms with Crippen LogP contribution in [0.2, 0.25) is 0 Å². The Hall–Kier alpha value is -2.82. The van der Waals surface area contributed by atoms with Gasteiger partial charge in [-0.25, -0.2) is 4.79 Å². The van der Waals surface area contributed by atoms with Crippen LogP contribution in [0.4, 0.5) is 10.5 Å². The zero-order chi connectivity index (χ0) is 18.7. The van der Waals surface area contributed by atoms with E-state index in [0.717, 1.165) is 5.56 Å². The van der Waals surface area contributed by atoms with Gasteiger partial charge < -0.3 is 10.0 Å². The quantitative estimate of drug-likeness (QED) is 0.901. The molecule has 5 nitrogen and oxygen atoms in total. The van der Waals surface area contributed by atoms with Crippen LogP contribution in [-0.2, 0) is 11.3 Å². The number of anilines is 1. The molecule has 26 heavy (non-hydrogen) atoms. The lowest BCUT2D eigenvalue weighted by Gasteiger charge is -2.37. The minimum absolute atomic E-state index is 0.0343. The number of carbonyl (C=O) groups is 2. The van der Waals surface area contributed by atoms with Crippen LogP contribution in [-0.4, -0.2) is 34.6 Å². The van der Waals surface area contributed by atoms with Crippen LogP contribution in [0, 0.1) is 0 Å². The molecule has 1 N–H and O–H groups in total. The maximum Gasteiger partial charge on any atom is 0.325 e. The molecule has 2 amide bonds. The monoisotopic (exact) mass is 352 g/mol. The highest BCUT2D eigenvalue weighted by atomic mass is 16.4. The van der Waals surface area contributed by atoms with Gasteiger partial charge in [0.15, 0.2) is 0 Å². The minimum Gasteiger partial charge on any atom is -0.481 e. The Balaban J connectivity index is 1.90. The summed E-state index contributed by atoms with van der Waals surface area (Å²) in [5.41, 5.74) is 2.49. The van der Waals surface area contributed by atoms with Gasteiger partial charge in [0.25, 0.3) is 0 Å². The summed E-state index contributed by atoms with van der Waals surface area (Å²) in [6, 6.07) is 17.2. The number of rotatable bonds is 4. The van der Waals surface area contributed by atoms with Gasteiger partial charge in [0.1, 0.15) is 0 Å². The van der Waals surface area contributed by atoms with Gasteiger partial charge in [0.05, 0.1) is 5.92 Å². The van der Waals surface area contributed by atoms with Gasteiger partial charge in [-0.3, -0.25) is 9.69 Å². The zero-order valence-electron chi connectivity index (χ0n) is 15.1. The molecule has 1 aliphatic heterocycles. The molecule has 0 radical (unpaired) electrons. The molecular formula is C21H24N2O3. The lowest BCUT2D eigenvalue weighted by molar-refractivity contribution is -0.139. The highest BCUT2D eigenvalue weighted by Crippen LogP contribution is 2.36. The highest BCUT2D eigenvalue weighted by molar-refractivity contribution is 5.95. The number of hydrogen-bond donors (Lipinski definition) is 1. The van der Waals surface area contributed by atoms with Gasteiger partial charge in [-0.2, -0.15) is 0 Å². The molecule has 0 saturated heterocycles. The Kier molecular flexibility index (Phi) is 5.26. The Morgan fingerprint density at radius 3 is 2.42 bits per heavy atom. The summed E-state index contributed by atoms with van der Waals surface area (Å²) in [6.45, 7) is 4.93. The molecule has 136 valence electrons. The molecule has 1 heterocycles. The second-order valence-corrected chi connectivity index (χ2v) is 6.88. The molecule has 2 aromatic rings. The molecule has 2 aromatic carbocycles. The van der Waals surface area contributed by atoms with Crippen molar-refractivity contribution in [2.24, 2.45) is 0 Å². The molecule has 3 rings (SSSR count). The van der Waals surface area contributed by atoms with Crippen molar-refractivity contribution < 1.29 is 14.7 Å². The number of carboxylic acids is 1. The van der Waals surface area contributed by atoms with Crippen LogP contribution in [0.25, 0.3) is 0 Å². The lowest BCUT2D eigenvalue weighted by Crippen LogP contribution is -2.48. The van der Waals surface area contributed by atoms with Gasteiger partial charge in [-0.15, -0.1) is 0 Å². The van der Waals surface area contributed by atoms with Crippen molar-refractivity contribution in [1.82, 2.24) is 4.90 Å². The number of carboxylic acid groups (broad SMARTS) is 1. The fourth-order valence-corrected chi connectivity index (χ4v) is 3.42. The fraction of sp³-hybridized carbons (Fsp3) is 0.333. The summed E-state index contributed by atoms with van der Waals surface area (Å²) >= 11 is 0. The summed E-state index contributed by atoms with van der Waals surface area (Å²) in [4.78, 5) is 28.4. The maximum atomic E-state index is 13.3. The van der Waals surface area contributed by atoms with E-state index in [4.69, 9.17) is 0 Å². The number of carbonyl (C=O) groups excluding carboxylic acids is 1. The number of hydrogen-bond acceptors (Lipinski definition) is 2. The third kappa shape index (κ3) is 3.57. The number of urea groups is 1. The van der Waals surface area contributed by atoms with Crippen molar-refractivity contribution in [1.29, 1.82) is 0 Å². The number of amides is 2. The summed E-state index contributed by atoms with van der Waals surface area (Å²) in [5, 5.41) is 9.49. The number of para-hydroxylation sites is 1. The van der Waals surface area contributed by atoms with E-state index in [0.29, 0.717) is 30.8 Å². The molecule has 0 bridgehead atoms. The zero-order valence-corrected chi connectivity index (χ0v) is 15.1. The van der Waals surface area contributed by atoms with E-state index in [-0.39, 0.29) is 12.1 Å². The largest absolute Gasteiger partial charge is 0.481 e. The Morgan fingerprint density at radius 2 is 1.77 bits per heavy atom. The first-order valence-corrected chi connectivity index (χ1v) is 8.93. The van der Waals surface area contributed by atoms with E-state index in [2.05, 4.69) is 0 Å². The second-order valence-electron chi connectivity index (χ2n) is 6.88. The van der Waals surface area contributed by atoms with Gasteiger partial charge in [0.2, 0.25) is 0 Å². The van der Waals surface area contributed by atoms with Crippen molar-refractivity contribution in [3.05, 3.63) is 65.7 Å². The molecule has 1 atom stereocenters. The summed E-state index contributed by atoms with van der Waals surface area (Å²) in [6.07, 6.45) is 0.426. The predicted molar refractivity (Wildman–Crippen MR) is 101 cm³/mol. The SMILES string of the molecule is CC(C)N(Cc1ccccc1)C(=O)N1CCC(C(=O)O)c2ccccc21. The third-order valence-corrected chi connectivity index (χ3v) is 4.84. The first kappa shape index (κ1) is 18.0. The van der Waals surface area contributed by atoms with Gasteiger partial charge in [0, 0.05) is 24.8 Å². The number of fused-ring (bicyclic) bond motifs is 1. The normalized spacial score (nSPS) is 16.3. The number of aliphatic carboxylic acids is 1. The topological polar surface area (TPSA) is 60.9 Å². The molecule has 5 heteroatoms.